The molecule has 21 heavy (non-hydrogen) atoms. The Labute approximate surface area is 132 Å². The van der Waals surface area contributed by atoms with Gasteiger partial charge in [0.15, 0.2) is 0 Å². The number of hydrogen-bond donors (Lipinski definition) is 1. The Kier molecular flexibility index (Phi) is 6.84. The first kappa shape index (κ1) is 18.1. The van der Waals surface area contributed by atoms with Crippen molar-refractivity contribution in [2.45, 2.75) is 51.4 Å². The lowest BCUT2D eigenvalue weighted by Crippen LogP contribution is -2.47. The van der Waals surface area contributed by atoms with Crippen LogP contribution in [0.2, 0.25) is 0 Å². The number of piperidine rings is 1. The molecule has 1 N–H and O–H groups in total. The number of nitrogens with one attached hydrogen (secondary N) is 1. The minimum absolute atomic E-state index is 0.0455. The highest BCUT2D eigenvalue weighted by Gasteiger charge is 2.30. The van der Waals surface area contributed by atoms with Gasteiger partial charge in [0.05, 0.1) is 5.92 Å². The second-order valence-corrected chi connectivity index (χ2v) is 7.83. The highest BCUT2D eigenvalue weighted by molar-refractivity contribution is 7.99. The first-order valence-corrected chi connectivity index (χ1v) is 8.80. The van der Waals surface area contributed by atoms with Crippen LogP contribution in [0.1, 0.15) is 40.5 Å². The Morgan fingerprint density at radius 3 is 2.67 bits per heavy atom. The van der Waals surface area contributed by atoms with Crippen molar-refractivity contribution in [3.63, 3.8) is 0 Å². The van der Waals surface area contributed by atoms with Gasteiger partial charge in [0, 0.05) is 24.9 Å². The topological polar surface area (TPSA) is 58.6 Å². The lowest BCUT2D eigenvalue weighted by atomic mass is 9.97. The highest BCUT2D eigenvalue weighted by Crippen LogP contribution is 2.19. The second kappa shape index (κ2) is 7.92. The van der Waals surface area contributed by atoms with Crippen molar-refractivity contribution < 1.29 is 14.3 Å². The molecule has 0 aliphatic carbocycles. The number of carbonyl (C=O) groups is 2. The van der Waals surface area contributed by atoms with Crippen molar-refractivity contribution in [3.8, 4) is 0 Å². The number of ether oxygens (including phenoxy) is 1. The zero-order valence-electron chi connectivity index (χ0n) is 13.8. The van der Waals surface area contributed by atoms with Gasteiger partial charge in [-0.15, -0.1) is 0 Å². The van der Waals surface area contributed by atoms with Gasteiger partial charge in [-0.2, -0.15) is 11.8 Å². The molecular formula is C15H28N2O3S. The third-order valence-electron chi connectivity index (χ3n) is 3.41. The number of likely N-dealkylation sites (tertiary alicyclic amines) is 1. The second-order valence-electron chi connectivity index (χ2n) is 6.56. The van der Waals surface area contributed by atoms with E-state index in [2.05, 4.69) is 12.2 Å². The summed E-state index contributed by atoms with van der Waals surface area (Å²) in [6.07, 6.45) is 3.38. The molecule has 6 heteroatoms. The molecule has 2 amide bonds. The third-order valence-corrected chi connectivity index (χ3v) is 4.38. The summed E-state index contributed by atoms with van der Waals surface area (Å²) in [6.45, 7) is 9.42. The molecule has 0 bridgehead atoms. The molecule has 2 atom stereocenters. The summed E-state index contributed by atoms with van der Waals surface area (Å²) < 4.78 is 5.37. The van der Waals surface area contributed by atoms with Crippen LogP contribution < -0.4 is 5.32 Å². The fraction of sp³-hybridized carbons (Fsp3) is 0.867. The number of thioether (sulfide) groups is 1. The van der Waals surface area contributed by atoms with Gasteiger partial charge >= 0.3 is 6.09 Å². The van der Waals surface area contributed by atoms with Crippen molar-refractivity contribution in [1.29, 1.82) is 0 Å². The summed E-state index contributed by atoms with van der Waals surface area (Å²) in [5.41, 5.74) is -0.500. The molecular weight excluding hydrogens is 288 g/mol. The van der Waals surface area contributed by atoms with Gasteiger partial charge in [0.1, 0.15) is 5.60 Å². The molecule has 2 unspecified atom stereocenters. The van der Waals surface area contributed by atoms with E-state index in [0.29, 0.717) is 24.9 Å². The van der Waals surface area contributed by atoms with Crippen LogP contribution in [0.3, 0.4) is 0 Å². The van der Waals surface area contributed by atoms with Crippen LogP contribution in [0.4, 0.5) is 4.79 Å². The molecule has 1 heterocycles. The van der Waals surface area contributed by atoms with Crippen LogP contribution in [-0.4, -0.2) is 53.6 Å². The summed E-state index contributed by atoms with van der Waals surface area (Å²) in [5, 5.41) is 3.37. The SMILES string of the molecule is CSC(C)CNC(=O)C1CCCN(C(=O)OC(C)(C)C)C1. The van der Waals surface area contributed by atoms with Gasteiger partial charge in [0.25, 0.3) is 0 Å². The van der Waals surface area contributed by atoms with Crippen molar-refractivity contribution >= 4 is 23.8 Å². The standard InChI is InChI=1S/C15H28N2O3S/c1-11(21-5)9-16-13(18)12-7-6-8-17(10-12)14(19)20-15(2,3)4/h11-12H,6-10H2,1-5H3,(H,16,18). The quantitative estimate of drug-likeness (QED) is 0.866. The van der Waals surface area contributed by atoms with E-state index < -0.39 is 5.60 Å². The number of amides is 2. The van der Waals surface area contributed by atoms with Crippen molar-refractivity contribution in [1.82, 2.24) is 10.2 Å². The highest BCUT2D eigenvalue weighted by atomic mass is 32.2. The maximum atomic E-state index is 12.2. The molecule has 122 valence electrons. The van der Waals surface area contributed by atoms with Gasteiger partial charge in [0.2, 0.25) is 5.91 Å². The minimum Gasteiger partial charge on any atom is -0.444 e. The van der Waals surface area contributed by atoms with Crippen LogP contribution in [0.25, 0.3) is 0 Å². The lowest BCUT2D eigenvalue weighted by Gasteiger charge is -2.33. The Balaban J connectivity index is 2.48. The van der Waals surface area contributed by atoms with E-state index in [4.69, 9.17) is 4.74 Å². The fourth-order valence-corrected chi connectivity index (χ4v) is 2.41. The van der Waals surface area contributed by atoms with E-state index in [1.165, 1.54) is 0 Å². The average molecular weight is 316 g/mol. The monoisotopic (exact) mass is 316 g/mol. The number of rotatable bonds is 4. The first-order chi connectivity index (χ1) is 9.73. The minimum atomic E-state index is -0.500. The molecule has 0 aromatic heterocycles. The normalized spacial score (nSPS) is 20.8. The Hall–Kier alpha value is -0.910. The van der Waals surface area contributed by atoms with Gasteiger partial charge in [-0.25, -0.2) is 4.79 Å². The zero-order valence-corrected chi connectivity index (χ0v) is 14.6. The largest absolute Gasteiger partial charge is 0.444 e. The summed E-state index contributed by atoms with van der Waals surface area (Å²) in [5.74, 6) is -0.0792. The smallest absolute Gasteiger partial charge is 0.410 e. The molecule has 1 aliphatic heterocycles. The van der Waals surface area contributed by atoms with Gasteiger partial charge in [-0.05, 0) is 39.9 Å². The van der Waals surface area contributed by atoms with Crippen molar-refractivity contribution in [3.05, 3.63) is 0 Å². The third kappa shape index (κ3) is 6.59. The average Bonchev–Trinajstić information content (AvgIpc) is 2.42. The predicted molar refractivity (Wildman–Crippen MR) is 86.5 cm³/mol. The van der Waals surface area contributed by atoms with Crippen LogP contribution >= 0.6 is 11.8 Å². The molecule has 0 radical (unpaired) electrons. The summed E-state index contributed by atoms with van der Waals surface area (Å²) >= 11 is 1.73. The Bertz CT molecular complexity index is 368. The molecule has 1 rings (SSSR count). The molecule has 0 saturated carbocycles. The lowest BCUT2D eigenvalue weighted by molar-refractivity contribution is -0.126. The van der Waals surface area contributed by atoms with Crippen LogP contribution in [-0.2, 0) is 9.53 Å². The zero-order chi connectivity index (χ0) is 16.0. The molecule has 0 aromatic rings. The van der Waals surface area contributed by atoms with E-state index in [1.807, 2.05) is 27.0 Å². The Morgan fingerprint density at radius 2 is 2.10 bits per heavy atom. The fourth-order valence-electron chi connectivity index (χ4n) is 2.16. The van der Waals surface area contributed by atoms with E-state index in [9.17, 15) is 9.59 Å². The number of carbonyl (C=O) groups excluding carboxylic acids is 2. The van der Waals surface area contributed by atoms with Gasteiger partial charge < -0.3 is 15.0 Å². The first-order valence-electron chi connectivity index (χ1n) is 7.51. The van der Waals surface area contributed by atoms with E-state index in [1.54, 1.807) is 16.7 Å². The molecule has 1 saturated heterocycles. The predicted octanol–water partition coefficient (Wildman–Crippen LogP) is 2.50. The van der Waals surface area contributed by atoms with E-state index in [-0.39, 0.29) is 17.9 Å². The summed E-state index contributed by atoms with van der Waals surface area (Å²) in [6, 6.07) is 0. The summed E-state index contributed by atoms with van der Waals surface area (Å²) in [4.78, 5) is 25.9. The van der Waals surface area contributed by atoms with E-state index >= 15 is 0 Å². The molecule has 0 spiro atoms. The summed E-state index contributed by atoms with van der Waals surface area (Å²) in [7, 11) is 0. The van der Waals surface area contributed by atoms with Crippen molar-refractivity contribution in [2.75, 3.05) is 25.9 Å². The molecule has 1 fully saturated rings. The maximum absolute atomic E-state index is 12.2. The van der Waals surface area contributed by atoms with Crippen LogP contribution in [0.15, 0.2) is 0 Å². The van der Waals surface area contributed by atoms with Crippen molar-refractivity contribution in [2.24, 2.45) is 5.92 Å². The molecule has 1 aliphatic rings. The maximum Gasteiger partial charge on any atom is 0.410 e. The molecule has 0 aromatic carbocycles. The number of nitrogens with zero attached hydrogens (tertiary/aromatic N) is 1. The Morgan fingerprint density at radius 1 is 1.43 bits per heavy atom. The van der Waals surface area contributed by atoms with Gasteiger partial charge in [-0.3, -0.25) is 4.79 Å². The van der Waals surface area contributed by atoms with E-state index in [0.717, 1.165) is 12.8 Å². The van der Waals surface area contributed by atoms with Crippen LogP contribution in [0.5, 0.6) is 0 Å². The van der Waals surface area contributed by atoms with Gasteiger partial charge in [-0.1, -0.05) is 6.92 Å². The number of hydrogen-bond acceptors (Lipinski definition) is 4. The molecule has 5 nitrogen and oxygen atoms in total. The van der Waals surface area contributed by atoms with Crippen LogP contribution in [0, 0.1) is 5.92 Å².